The van der Waals surface area contributed by atoms with E-state index in [1.807, 2.05) is 24.3 Å². The van der Waals surface area contributed by atoms with Gasteiger partial charge in [0.05, 0.1) is 6.04 Å². The van der Waals surface area contributed by atoms with Gasteiger partial charge in [0.1, 0.15) is 11.6 Å². The minimum atomic E-state index is -0.450. The summed E-state index contributed by atoms with van der Waals surface area (Å²) in [6.07, 6.45) is 3.45. The van der Waals surface area contributed by atoms with Crippen molar-refractivity contribution in [1.29, 1.82) is 0 Å². The average molecular weight is 284 g/mol. The van der Waals surface area contributed by atoms with Crippen molar-refractivity contribution < 1.29 is 8.78 Å². The Hall–Kier alpha value is -2.33. The first-order valence-electron chi connectivity index (χ1n) is 6.65. The van der Waals surface area contributed by atoms with Crippen LogP contribution in [0.3, 0.4) is 0 Å². The molecule has 1 heterocycles. The van der Waals surface area contributed by atoms with Crippen LogP contribution in [0.5, 0.6) is 0 Å². The van der Waals surface area contributed by atoms with Gasteiger partial charge in [0.25, 0.3) is 0 Å². The number of halogens is 2. The number of nitrogens with zero attached hydrogens (tertiary/aromatic N) is 1. The summed E-state index contributed by atoms with van der Waals surface area (Å²) < 4.78 is 27.5. The molecule has 0 spiro atoms. The van der Waals surface area contributed by atoms with Crippen molar-refractivity contribution in [2.75, 3.05) is 7.05 Å². The van der Waals surface area contributed by atoms with E-state index >= 15 is 0 Å². The molecule has 0 amide bonds. The lowest BCUT2D eigenvalue weighted by atomic mass is 9.94. The highest BCUT2D eigenvalue weighted by Crippen LogP contribution is 2.30. The number of hydrogen-bond donors (Lipinski definition) is 1. The molecule has 1 N–H and O–H groups in total. The molecule has 0 aliphatic carbocycles. The third kappa shape index (κ3) is 2.50. The zero-order chi connectivity index (χ0) is 14.8. The van der Waals surface area contributed by atoms with Gasteiger partial charge in [-0.3, -0.25) is 4.98 Å². The first kappa shape index (κ1) is 13.6. The Morgan fingerprint density at radius 2 is 1.90 bits per heavy atom. The van der Waals surface area contributed by atoms with E-state index in [1.165, 1.54) is 6.07 Å². The molecule has 3 aromatic rings. The number of nitrogens with one attached hydrogen (secondary N) is 1. The van der Waals surface area contributed by atoms with Crippen LogP contribution in [0, 0.1) is 11.6 Å². The molecule has 0 fully saturated rings. The molecule has 2 nitrogen and oxygen atoms in total. The van der Waals surface area contributed by atoms with Gasteiger partial charge >= 0.3 is 0 Å². The number of fused-ring (bicyclic) bond motifs is 1. The second-order valence-electron chi connectivity index (χ2n) is 4.83. The summed E-state index contributed by atoms with van der Waals surface area (Å²) in [4.78, 5) is 4.09. The quantitative estimate of drug-likeness (QED) is 0.791. The molecule has 0 radical (unpaired) electrons. The van der Waals surface area contributed by atoms with Gasteiger partial charge in [-0.1, -0.05) is 18.2 Å². The van der Waals surface area contributed by atoms with Crippen molar-refractivity contribution in [2.45, 2.75) is 6.04 Å². The number of benzene rings is 2. The van der Waals surface area contributed by atoms with E-state index in [0.29, 0.717) is 5.56 Å². The Labute approximate surface area is 121 Å². The summed E-state index contributed by atoms with van der Waals surface area (Å²) in [5, 5.41) is 5.00. The normalized spacial score (nSPS) is 12.5. The van der Waals surface area contributed by atoms with Crippen molar-refractivity contribution in [1.82, 2.24) is 10.3 Å². The Morgan fingerprint density at radius 3 is 2.71 bits per heavy atom. The molecule has 1 atom stereocenters. The van der Waals surface area contributed by atoms with Crippen LogP contribution in [-0.2, 0) is 0 Å². The first-order chi connectivity index (χ1) is 10.2. The van der Waals surface area contributed by atoms with Crippen molar-refractivity contribution in [2.24, 2.45) is 0 Å². The van der Waals surface area contributed by atoms with Crippen LogP contribution in [0.4, 0.5) is 8.78 Å². The Balaban J connectivity index is 2.21. The van der Waals surface area contributed by atoms with Gasteiger partial charge in [0, 0.05) is 23.3 Å². The average Bonchev–Trinajstić information content (AvgIpc) is 2.51. The van der Waals surface area contributed by atoms with E-state index in [4.69, 9.17) is 0 Å². The highest BCUT2D eigenvalue weighted by molar-refractivity contribution is 5.85. The fourth-order valence-electron chi connectivity index (χ4n) is 2.61. The van der Waals surface area contributed by atoms with Gasteiger partial charge in [-0.25, -0.2) is 8.78 Å². The zero-order valence-corrected chi connectivity index (χ0v) is 11.5. The summed E-state index contributed by atoms with van der Waals surface area (Å²) in [6, 6.07) is 10.7. The predicted octanol–water partition coefficient (Wildman–Crippen LogP) is 3.82. The SMILES string of the molecule is CNC(c1cc(F)ccc1F)c1cccc2cnccc12. The molecule has 0 saturated heterocycles. The zero-order valence-electron chi connectivity index (χ0n) is 11.5. The van der Waals surface area contributed by atoms with Crippen LogP contribution in [0.1, 0.15) is 17.2 Å². The number of rotatable bonds is 3. The number of hydrogen-bond acceptors (Lipinski definition) is 2. The first-order valence-corrected chi connectivity index (χ1v) is 6.65. The molecular weight excluding hydrogens is 270 g/mol. The fraction of sp³-hybridized carbons (Fsp3) is 0.118. The predicted molar refractivity (Wildman–Crippen MR) is 79.0 cm³/mol. The topological polar surface area (TPSA) is 24.9 Å². The Bertz CT molecular complexity index is 781. The third-order valence-electron chi connectivity index (χ3n) is 3.58. The summed E-state index contributed by atoms with van der Waals surface area (Å²) in [7, 11) is 1.73. The molecule has 1 aromatic heterocycles. The fourth-order valence-corrected chi connectivity index (χ4v) is 2.61. The lowest BCUT2D eigenvalue weighted by molar-refractivity contribution is 0.559. The summed E-state index contributed by atoms with van der Waals surface area (Å²) >= 11 is 0. The lowest BCUT2D eigenvalue weighted by Gasteiger charge is -2.20. The van der Waals surface area contributed by atoms with Gasteiger partial charge in [-0.2, -0.15) is 0 Å². The van der Waals surface area contributed by atoms with Gasteiger partial charge in [0.2, 0.25) is 0 Å². The highest BCUT2D eigenvalue weighted by Gasteiger charge is 2.19. The standard InChI is InChI=1S/C17H14F2N2/c1-20-17(15-9-12(18)5-6-16(15)19)14-4-2-3-11-10-21-8-7-13(11)14/h2-10,17,20H,1H3. The molecule has 2 aromatic carbocycles. The second kappa shape index (κ2) is 5.58. The van der Waals surface area contributed by atoms with Crippen LogP contribution in [0.2, 0.25) is 0 Å². The van der Waals surface area contributed by atoms with Crippen LogP contribution in [0.25, 0.3) is 10.8 Å². The van der Waals surface area contributed by atoms with Gasteiger partial charge < -0.3 is 5.32 Å². The van der Waals surface area contributed by atoms with Crippen molar-refractivity contribution in [3.8, 4) is 0 Å². The highest BCUT2D eigenvalue weighted by atomic mass is 19.1. The maximum atomic E-state index is 14.1. The summed E-state index contributed by atoms with van der Waals surface area (Å²) in [5.41, 5.74) is 1.18. The van der Waals surface area contributed by atoms with E-state index in [-0.39, 0.29) is 0 Å². The molecule has 0 saturated carbocycles. The summed E-state index contributed by atoms with van der Waals surface area (Å²) in [6.45, 7) is 0. The van der Waals surface area contributed by atoms with E-state index in [1.54, 1.807) is 19.4 Å². The lowest BCUT2D eigenvalue weighted by Crippen LogP contribution is -2.19. The Kier molecular flexibility index (Phi) is 3.62. The Morgan fingerprint density at radius 1 is 1.05 bits per heavy atom. The van der Waals surface area contributed by atoms with E-state index in [2.05, 4.69) is 10.3 Å². The minimum absolute atomic E-state index is 0.293. The third-order valence-corrected chi connectivity index (χ3v) is 3.58. The molecule has 1 unspecified atom stereocenters. The van der Waals surface area contributed by atoms with E-state index in [9.17, 15) is 8.78 Å². The molecular formula is C17H14F2N2. The smallest absolute Gasteiger partial charge is 0.128 e. The molecule has 3 rings (SSSR count). The number of aromatic nitrogens is 1. The molecule has 0 aliphatic heterocycles. The number of pyridine rings is 1. The van der Waals surface area contributed by atoms with Crippen molar-refractivity contribution in [3.63, 3.8) is 0 Å². The molecule has 21 heavy (non-hydrogen) atoms. The van der Waals surface area contributed by atoms with Gasteiger partial charge in [-0.15, -0.1) is 0 Å². The maximum Gasteiger partial charge on any atom is 0.128 e. The van der Waals surface area contributed by atoms with Crippen LogP contribution in [-0.4, -0.2) is 12.0 Å². The molecule has 0 aliphatic rings. The molecule has 0 bridgehead atoms. The van der Waals surface area contributed by atoms with Gasteiger partial charge in [-0.05, 0) is 42.3 Å². The van der Waals surface area contributed by atoms with Crippen molar-refractivity contribution >= 4 is 10.8 Å². The van der Waals surface area contributed by atoms with E-state index in [0.717, 1.165) is 28.5 Å². The molecule has 106 valence electrons. The van der Waals surface area contributed by atoms with E-state index < -0.39 is 17.7 Å². The maximum absolute atomic E-state index is 14.1. The minimum Gasteiger partial charge on any atom is -0.309 e. The second-order valence-corrected chi connectivity index (χ2v) is 4.83. The van der Waals surface area contributed by atoms with Crippen LogP contribution >= 0.6 is 0 Å². The largest absolute Gasteiger partial charge is 0.309 e. The summed E-state index contributed by atoms with van der Waals surface area (Å²) in [5.74, 6) is -0.879. The van der Waals surface area contributed by atoms with Crippen LogP contribution < -0.4 is 5.32 Å². The molecule has 4 heteroatoms. The van der Waals surface area contributed by atoms with Gasteiger partial charge in [0.15, 0.2) is 0 Å². The monoisotopic (exact) mass is 284 g/mol. The van der Waals surface area contributed by atoms with Crippen molar-refractivity contribution in [3.05, 3.63) is 77.6 Å². The van der Waals surface area contributed by atoms with Crippen LogP contribution in [0.15, 0.2) is 54.9 Å².